The van der Waals surface area contributed by atoms with Gasteiger partial charge in [0.25, 0.3) is 5.91 Å². The third kappa shape index (κ3) is 4.92. The number of ether oxygens (including phenoxy) is 1. The summed E-state index contributed by atoms with van der Waals surface area (Å²) in [7, 11) is 0. The number of carbonyl (C=O) groups excluding carboxylic acids is 2. The Bertz CT molecular complexity index is 1200. The molecular weight excluding hydrogens is 427 g/mol. The zero-order chi connectivity index (χ0) is 23.5. The second-order valence-electron chi connectivity index (χ2n) is 6.69. The maximum atomic E-state index is 12.7. The molecule has 0 radical (unpaired) electrons. The van der Waals surface area contributed by atoms with Gasteiger partial charge >= 0.3 is 12.1 Å². The molecule has 1 unspecified atom stereocenters. The number of pyridine rings is 1. The van der Waals surface area contributed by atoms with Gasteiger partial charge in [0.05, 0.1) is 29.1 Å². The number of amides is 1. The van der Waals surface area contributed by atoms with E-state index in [0.717, 1.165) is 12.1 Å². The van der Waals surface area contributed by atoms with Gasteiger partial charge in [-0.3, -0.25) is 4.79 Å². The molecule has 0 bridgehead atoms. The molecule has 164 valence electrons. The summed E-state index contributed by atoms with van der Waals surface area (Å²) >= 11 is 0. The van der Waals surface area contributed by atoms with E-state index in [1.165, 1.54) is 30.8 Å². The molecule has 0 aliphatic heterocycles. The first kappa shape index (κ1) is 22.5. The first-order valence-electron chi connectivity index (χ1n) is 9.20. The molecule has 0 aliphatic rings. The Labute approximate surface area is 180 Å². The number of anilines is 1. The van der Waals surface area contributed by atoms with Crippen LogP contribution >= 0.6 is 0 Å². The number of hydrogen-bond donors (Lipinski definition) is 1. The fraction of sp³-hybridized carbons (Fsp3) is 0.190. The highest BCUT2D eigenvalue weighted by atomic mass is 19.4. The van der Waals surface area contributed by atoms with Crippen LogP contribution in [0.2, 0.25) is 0 Å². The lowest BCUT2D eigenvalue weighted by Crippen LogP contribution is -2.30. The van der Waals surface area contributed by atoms with E-state index in [1.54, 1.807) is 18.2 Å². The van der Waals surface area contributed by atoms with Crippen molar-refractivity contribution < 1.29 is 27.5 Å². The van der Waals surface area contributed by atoms with E-state index in [9.17, 15) is 22.8 Å². The lowest BCUT2D eigenvalue weighted by Gasteiger charge is -2.13. The van der Waals surface area contributed by atoms with Gasteiger partial charge in [0.1, 0.15) is 5.56 Å². The molecule has 0 spiro atoms. The predicted octanol–water partition coefficient (Wildman–Crippen LogP) is 3.65. The van der Waals surface area contributed by atoms with E-state index in [0.29, 0.717) is 17.4 Å². The zero-order valence-electron chi connectivity index (χ0n) is 16.8. The Morgan fingerprint density at radius 2 is 1.97 bits per heavy atom. The number of alkyl halides is 3. The average Bonchev–Trinajstić information content (AvgIpc) is 3.14. The van der Waals surface area contributed by atoms with Crippen LogP contribution in [-0.4, -0.2) is 32.7 Å². The number of hydrogen-bond acceptors (Lipinski definition) is 6. The molecule has 3 rings (SSSR count). The van der Waals surface area contributed by atoms with Crippen LogP contribution in [0, 0.1) is 18.3 Å². The molecule has 1 N–H and O–H groups in total. The first-order chi connectivity index (χ1) is 15.1. The summed E-state index contributed by atoms with van der Waals surface area (Å²) < 4.78 is 44.5. The summed E-state index contributed by atoms with van der Waals surface area (Å²) in [4.78, 5) is 28.5. The van der Waals surface area contributed by atoms with E-state index >= 15 is 0 Å². The van der Waals surface area contributed by atoms with Crippen LogP contribution in [0.25, 0.3) is 5.82 Å². The van der Waals surface area contributed by atoms with Crippen molar-refractivity contribution >= 4 is 17.6 Å². The lowest BCUT2D eigenvalue weighted by molar-refractivity contribution is -0.137. The van der Waals surface area contributed by atoms with Crippen LogP contribution in [0.15, 0.2) is 48.8 Å². The predicted molar refractivity (Wildman–Crippen MR) is 106 cm³/mol. The van der Waals surface area contributed by atoms with Crippen LogP contribution in [0.5, 0.6) is 0 Å². The van der Waals surface area contributed by atoms with E-state index in [1.807, 2.05) is 6.07 Å². The highest BCUT2D eigenvalue weighted by Crippen LogP contribution is 2.29. The number of esters is 1. The number of nitrogens with one attached hydrogen (secondary N) is 1. The summed E-state index contributed by atoms with van der Waals surface area (Å²) in [5.41, 5.74) is 0.113. The van der Waals surface area contributed by atoms with Gasteiger partial charge in [-0.2, -0.15) is 23.5 Å². The Morgan fingerprint density at radius 1 is 1.22 bits per heavy atom. The highest BCUT2D eigenvalue weighted by molar-refractivity contribution is 5.97. The SMILES string of the molecule is Cc1c(C(=O)OC(C)C(=O)Nc2cccc(C#N)c2)cnn1-c1ccc(C(F)(F)F)cn1. The van der Waals surface area contributed by atoms with Crippen LogP contribution in [0.1, 0.15) is 34.1 Å². The van der Waals surface area contributed by atoms with Crippen molar-refractivity contribution in [1.82, 2.24) is 14.8 Å². The van der Waals surface area contributed by atoms with Crippen LogP contribution in [-0.2, 0) is 15.7 Å². The van der Waals surface area contributed by atoms with E-state index in [-0.39, 0.29) is 17.1 Å². The number of aromatic nitrogens is 3. The standard InChI is InChI=1S/C21H16F3N5O3/c1-12-17(11-27-29(12)18-7-6-15(10-26-18)21(22,23)24)20(31)32-13(2)19(30)28-16-5-3-4-14(8-16)9-25/h3-8,10-11,13H,1-2H3,(H,28,30). The monoisotopic (exact) mass is 443 g/mol. The van der Waals surface area contributed by atoms with Crippen molar-refractivity contribution in [2.45, 2.75) is 26.1 Å². The topological polar surface area (TPSA) is 110 Å². The van der Waals surface area contributed by atoms with Gasteiger partial charge in [-0.1, -0.05) is 6.07 Å². The fourth-order valence-corrected chi connectivity index (χ4v) is 2.71. The van der Waals surface area contributed by atoms with E-state index in [4.69, 9.17) is 10.00 Å². The highest BCUT2D eigenvalue weighted by Gasteiger charge is 2.31. The Balaban J connectivity index is 1.70. The summed E-state index contributed by atoms with van der Waals surface area (Å²) in [5.74, 6) is -1.37. The molecule has 32 heavy (non-hydrogen) atoms. The maximum Gasteiger partial charge on any atom is 0.417 e. The summed E-state index contributed by atoms with van der Waals surface area (Å²) in [6, 6.07) is 10.2. The van der Waals surface area contributed by atoms with Gasteiger partial charge in [0, 0.05) is 11.9 Å². The third-order valence-corrected chi connectivity index (χ3v) is 4.43. The molecule has 2 aromatic heterocycles. The third-order valence-electron chi connectivity index (χ3n) is 4.43. The molecule has 1 atom stereocenters. The van der Waals surface area contributed by atoms with Crippen LogP contribution in [0.4, 0.5) is 18.9 Å². The van der Waals surface area contributed by atoms with Gasteiger partial charge in [-0.25, -0.2) is 14.5 Å². The van der Waals surface area contributed by atoms with Crippen LogP contribution < -0.4 is 5.32 Å². The minimum absolute atomic E-state index is 0.0258. The molecular formula is C21H16F3N5O3. The lowest BCUT2D eigenvalue weighted by atomic mass is 10.2. The van der Waals surface area contributed by atoms with Crippen molar-refractivity contribution in [2.75, 3.05) is 5.32 Å². The largest absolute Gasteiger partial charge is 0.449 e. The Hall–Kier alpha value is -4.20. The summed E-state index contributed by atoms with van der Waals surface area (Å²) in [5, 5.41) is 15.4. The molecule has 1 amide bonds. The number of carbonyl (C=O) groups is 2. The normalized spacial score (nSPS) is 12.0. The van der Waals surface area contributed by atoms with Crippen molar-refractivity contribution in [1.29, 1.82) is 5.26 Å². The minimum Gasteiger partial charge on any atom is -0.449 e. The van der Waals surface area contributed by atoms with Gasteiger partial charge in [0.2, 0.25) is 0 Å². The van der Waals surface area contributed by atoms with Crippen LogP contribution in [0.3, 0.4) is 0 Å². The molecule has 11 heteroatoms. The second kappa shape index (κ2) is 8.89. The van der Waals surface area contributed by atoms with E-state index < -0.39 is 29.7 Å². The quantitative estimate of drug-likeness (QED) is 0.603. The number of halogens is 3. The van der Waals surface area contributed by atoms with Crippen molar-refractivity contribution in [3.05, 3.63) is 71.2 Å². The number of rotatable bonds is 5. The number of nitrogens with zero attached hydrogens (tertiary/aromatic N) is 4. The molecule has 0 saturated carbocycles. The number of benzene rings is 1. The Morgan fingerprint density at radius 3 is 2.59 bits per heavy atom. The smallest absolute Gasteiger partial charge is 0.417 e. The van der Waals surface area contributed by atoms with Gasteiger partial charge in [-0.15, -0.1) is 0 Å². The van der Waals surface area contributed by atoms with E-state index in [2.05, 4.69) is 15.4 Å². The van der Waals surface area contributed by atoms with Crippen molar-refractivity contribution in [2.24, 2.45) is 0 Å². The fourth-order valence-electron chi connectivity index (χ4n) is 2.71. The molecule has 0 aliphatic carbocycles. The molecule has 0 fully saturated rings. The molecule has 8 nitrogen and oxygen atoms in total. The van der Waals surface area contributed by atoms with Gasteiger partial charge in [0.15, 0.2) is 11.9 Å². The summed E-state index contributed by atoms with van der Waals surface area (Å²) in [6.07, 6.45) is -3.84. The second-order valence-corrected chi connectivity index (χ2v) is 6.69. The van der Waals surface area contributed by atoms with Gasteiger partial charge < -0.3 is 10.1 Å². The van der Waals surface area contributed by atoms with Crippen molar-refractivity contribution in [3.63, 3.8) is 0 Å². The molecule has 1 aromatic carbocycles. The molecule has 3 aromatic rings. The maximum absolute atomic E-state index is 12.7. The number of nitriles is 1. The molecule has 0 saturated heterocycles. The zero-order valence-corrected chi connectivity index (χ0v) is 16.8. The van der Waals surface area contributed by atoms with Gasteiger partial charge in [-0.05, 0) is 44.2 Å². The minimum atomic E-state index is -4.52. The molecule has 2 heterocycles. The first-order valence-corrected chi connectivity index (χ1v) is 9.20. The van der Waals surface area contributed by atoms with Crippen molar-refractivity contribution in [3.8, 4) is 11.9 Å². The summed E-state index contributed by atoms with van der Waals surface area (Å²) in [6.45, 7) is 2.89. The average molecular weight is 443 g/mol. The Kier molecular flexibility index (Phi) is 6.25.